The Balaban J connectivity index is 2.82. The highest BCUT2D eigenvalue weighted by Crippen LogP contribution is 2.14. The summed E-state index contributed by atoms with van der Waals surface area (Å²) in [6.45, 7) is 3.86. The molecule has 1 atom stereocenters. The average Bonchev–Trinajstić information content (AvgIpc) is 2.27. The zero-order valence-corrected chi connectivity index (χ0v) is 10.6. The van der Waals surface area contributed by atoms with Crippen LogP contribution in [0.4, 0.5) is 0 Å². The van der Waals surface area contributed by atoms with Gasteiger partial charge in [0.1, 0.15) is 0 Å². The molecule has 2 N–H and O–H groups in total. The number of hydrogen-bond acceptors (Lipinski definition) is 3. The van der Waals surface area contributed by atoms with Crippen molar-refractivity contribution < 1.29 is 8.42 Å². The molecule has 0 aliphatic heterocycles. The van der Waals surface area contributed by atoms with Gasteiger partial charge in [-0.3, -0.25) is 0 Å². The molecule has 16 heavy (non-hydrogen) atoms. The lowest BCUT2D eigenvalue weighted by Crippen LogP contribution is -2.20. The maximum absolute atomic E-state index is 11.9. The van der Waals surface area contributed by atoms with Crippen molar-refractivity contribution in [3.05, 3.63) is 29.8 Å². The molecule has 3 nitrogen and oxygen atoms in total. The van der Waals surface area contributed by atoms with Crippen molar-refractivity contribution in [3.8, 4) is 0 Å². The van der Waals surface area contributed by atoms with Crippen LogP contribution in [0.15, 0.2) is 29.2 Å². The van der Waals surface area contributed by atoms with E-state index < -0.39 is 9.84 Å². The molecule has 0 aliphatic rings. The van der Waals surface area contributed by atoms with Gasteiger partial charge in [-0.2, -0.15) is 0 Å². The molecule has 0 heterocycles. The van der Waals surface area contributed by atoms with Gasteiger partial charge < -0.3 is 5.73 Å². The first-order valence-corrected chi connectivity index (χ1v) is 7.18. The topological polar surface area (TPSA) is 60.2 Å². The zero-order chi connectivity index (χ0) is 12.2. The summed E-state index contributed by atoms with van der Waals surface area (Å²) < 4.78 is 23.8. The third-order valence-corrected chi connectivity index (χ3v) is 4.30. The number of nitrogens with two attached hydrogens (primary N) is 1. The Kier molecular flexibility index (Phi) is 4.50. The molecule has 0 aliphatic carbocycles. The molecular formula is C12H19NO2S. The average molecular weight is 241 g/mol. The van der Waals surface area contributed by atoms with E-state index in [4.69, 9.17) is 5.73 Å². The highest BCUT2D eigenvalue weighted by atomic mass is 32.2. The van der Waals surface area contributed by atoms with E-state index in [1.54, 1.807) is 12.1 Å². The molecule has 0 spiro atoms. The van der Waals surface area contributed by atoms with E-state index in [9.17, 15) is 8.42 Å². The molecule has 1 unspecified atom stereocenters. The molecule has 1 rings (SSSR count). The predicted octanol–water partition coefficient (Wildman–Crippen LogP) is 1.76. The van der Waals surface area contributed by atoms with Crippen LogP contribution in [0.25, 0.3) is 0 Å². The normalized spacial score (nSPS) is 13.7. The molecule has 0 bridgehead atoms. The highest BCUT2D eigenvalue weighted by Gasteiger charge is 2.14. The van der Waals surface area contributed by atoms with Crippen LogP contribution in [0.2, 0.25) is 0 Å². The molecule has 0 fully saturated rings. The molecule has 0 saturated heterocycles. The lowest BCUT2D eigenvalue weighted by Gasteiger charge is -2.07. The first-order chi connectivity index (χ1) is 7.45. The van der Waals surface area contributed by atoms with Gasteiger partial charge >= 0.3 is 0 Å². The number of hydrogen-bond donors (Lipinski definition) is 1. The molecule has 0 radical (unpaired) electrons. The summed E-state index contributed by atoms with van der Waals surface area (Å²) >= 11 is 0. The van der Waals surface area contributed by atoms with E-state index in [0.29, 0.717) is 11.3 Å². The van der Waals surface area contributed by atoms with Gasteiger partial charge in [0.25, 0.3) is 0 Å². The minimum Gasteiger partial charge on any atom is -0.328 e. The minimum atomic E-state index is -3.16. The molecular weight excluding hydrogens is 222 g/mol. The van der Waals surface area contributed by atoms with E-state index >= 15 is 0 Å². The van der Waals surface area contributed by atoms with Gasteiger partial charge in [0, 0.05) is 6.04 Å². The second-order valence-electron chi connectivity index (χ2n) is 4.08. The van der Waals surface area contributed by atoms with Crippen LogP contribution < -0.4 is 5.73 Å². The third kappa shape index (κ3) is 3.61. The fourth-order valence-corrected chi connectivity index (χ4v) is 2.86. The summed E-state index contributed by atoms with van der Waals surface area (Å²) in [6.07, 6.45) is 1.41. The van der Waals surface area contributed by atoms with Gasteiger partial charge in [-0.1, -0.05) is 19.1 Å². The SMILES string of the molecule is CCc1ccc(S(=O)(=O)CCC(C)N)cc1. The number of rotatable bonds is 5. The third-order valence-electron chi connectivity index (χ3n) is 2.53. The standard InChI is InChI=1S/C12H19NO2S/c1-3-11-4-6-12(7-5-11)16(14,15)9-8-10(2)13/h4-7,10H,3,8-9,13H2,1-2H3. The maximum Gasteiger partial charge on any atom is 0.178 e. The van der Waals surface area contributed by atoms with Crippen molar-refractivity contribution in [2.75, 3.05) is 5.75 Å². The lowest BCUT2D eigenvalue weighted by atomic mass is 10.2. The van der Waals surface area contributed by atoms with Gasteiger partial charge in [0.2, 0.25) is 0 Å². The number of sulfone groups is 1. The second kappa shape index (κ2) is 5.46. The highest BCUT2D eigenvalue weighted by molar-refractivity contribution is 7.91. The van der Waals surface area contributed by atoms with Crippen molar-refractivity contribution in [1.29, 1.82) is 0 Å². The van der Waals surface area contributed by atoms with Crippen LogP contribution >= 0.6 is 0 Å². The summed E-state index contributed by atoms with van der Waals surface area (Å²) in [5.41, 5.74) is 6.70. The van der Waals surface area contributed by atoms with Crippen molar-refractivity contribution in [1.82, 2.24) is 0 Å². The molecule has 1 aromatic rings. The van der Waals surface area contributed by atoms with E-state index in [0.717, 1.165) is 12.0 Å². The minimum absolute atomic E-state index is 0.0790. The van der Waals surface area contributed by atoms with Crippen molar-refractivity contribution in [2.45, 2.75) is 37.6 Å². The van der Waals surface area contributed by atoms with Crippen LogP contribution in [-0.4, -0.2) is 20.2 Å². The van der Waals surface area contributed by atoms with E-state index in [1.807, 2.05) is 26.0 Å². The Morgan fingerprint density at radius 2 is 1.81 bits per heavy atom. The van der Waals surface area contributed by atoms with Crippen molar-refractivity contribution in [2.24, 2.45) is 5.73 Å². The molecule has 0 saturated carbocycles. The Morgan fingerprint density at radius 1 is 1.25 bits per heavy atom. The zero-order valence-electron chi connectivity index (χ0n) is 9.81. The summed E-state index contributed by atoms with van der Waals surface area (Å²) in [7, 11) is -3.16. The Labute approximate surface area is 97.6 Å². The van der Waals surface area contributed by atoms with Crippen LogP contribution in [0, 0.1) is 0 Å². The van der Waals surface area contributed by atoms with Gasteiger partial charge in [0.15, 0.2) is 9.84 Å². The molecule has 1 aromatic carbocycles. The first-order valence-electron chi connectivity index (χ1n) is 5.53. The Hall–Kier alpha value is -0.870. The van der Waals surface area contributed by atoms with Gasteiger partial charge in [-0.15, -0.1) is 0 Å². The van der Waals surface area contributed by atoms with Crippen LogP contribution in [0.3, 0.4) is 0 Å². The van der Waals surface area contributed by atoms with Crippen LogP contribution in [-0.2, 0) is 16.3 Å². The fraction of sp³-hybridized carbons (Fsp3) is 0.500. The summed E-state index contributed by atoms with van der Waals surface area (Å²) in [4.78, 5) is 0.394. The summed E-state index contributed by atoms with van der Waals surface area (Å²) in [5, 5.41) is 0. The Morgan fingerprint density at radius 3 is 2.25 bits per heavy atom. The predicted molar refractivity (Wildman–Crippen MR) is 66.1 cm³/mol. The monoisotopic (exact) mass is 241 g/mol. The largest absolute Gasteiger partial charge is 0.328 e. The summed E-state index contributed by atoms with van der Waals surface area (Å²) in [5.74, 6) is 0.121. The fourth-order valence-electron chi connectivity index (χ4n) is 1.39. The van der Waals surface area contributed by atoms with Gasteiger partial charge in [-0.05, 0) is 37.5 Å². The molecule has 0 amide bonds. The molecule has 90 valence electrons. The second-order valence-corrected chi connectivity index (χ2v) is 6.19. The quantitative estimate of drug-likeness (QED) is 0.854. The summed E-state index contributed by atoms with van der Waals surface area (Å²) in [6, 6.07) is 6.99. The smallest absolute Gasteiger partial charge is 0.178 e. The molecule has 4 heteroatoms. The van der Waals surface area contributed by atoms with Crippen LogP contribution in [0.1, 0.15) is 25.8 Å². The van der Waals surface area contributed by atoms with Crippen molar-refractivity contribution >= 4 is 9.84 Å². The number of aryl methyl sites for hydroxylation is 1. The van der Waals surface area contributed by atoms with Crippen LogP contribution in [0.5, 0.6) is 0 Å². The first kappa shape index (κ1) is 13.2. The van der Waals surface area contributed by atoms with E-state index in [1.165, 1.54) is 0 Å². The van der Waals surface area contributed by atoms with Crippen molar-refractivity contribution in [3.63, 3.8) is 0 Å². The Bertz CT molecular complexity index is 421. The van der Waals surface area contributed by atoms with Gasteiger partial charge in [-0.25, -0.2) is 8.42 Å². The van der Waals surface area contributed by atoms with E-state index in [2.05, 4.69) is 0 Å². The lowest BCUT2D eigenvalue weighted by molar-refractivity contribution is 0.587. The van der Waals surface area contributed by atoms with Gasteiger partial charge in [0.05, 0.1) is 10.6 Å². The maximum atomic E-state index is 11.9. The molecule has 0 aromatic heterocycles. The van der Waals surface area contributed by atoms with E-state index in [-0.39, 0.29) is 11.8 Å². The number of benzene rings is 1.